The van der Waals surface area contributed by atoms with Gasteiger partial charge in [-0.15, -0.1) is 0 Å². The fraction of sp³-hybridized carbons (Fsp3) is 0.133. The molecular formula is C15H13N3O2. The van der Waals surface area contributed by atoms with Gasteiger partial charge in [0.2, 0.25) is 0 Å². The molecule has 1 aromatic carbocycles. The van der Waals surface area contributed by atoms with Crippen LogP contribution in [0.1, 0.15) is 16.2 Å². The van der Waals surface area contributed by atoms with Gasteiger partial charge in [0, 0.05) is 16.6 Å². The summed E-state index contributed by atoms with van der Waals surface area (Å²) in [5.74, 6) is 0.200. The standard InChI is InChI=1S/C15H13N3O2/c1-9-7-11(10-5-3-4-6-12(10)17-9)14-16-8-13(18-14)15(19)20-2/h3-8H,1-2H3,(H,16,18). The fourth-order valence-electron chi connectivity index (χ4n) is 2.18. The number of aromatic nitrogens is 3. The van der Waals surface area contributed by atoms with Gasteiger partial charge < -0.3 is 9.72 Å². The highest BCUT2D eigenvalue weighted by atomic mass is 16.5. The second-order valence-electron chi connectivity index (χ2n) is 4.47. The average molecular weight is 267 g/mol. The minimum atomic E-state index is -0.432. The number of esters is 1. The molecule has 0 bridgehead atoms. The summed E-state index contributed by atoms with van der Waals surface area (Å²) in [4.78, 5) is 23.2. The van der Waals surface area contributed by atoms with Gasteiger partial charge >= 0.3 is 5.97 Å². The molecule has 20 heavy (non-hydrogen) atoms. The zero-order chi connectivity index (χ0) is 14.1. The number of imidazole rings is 1. The molecule has 0 saturated carbocycles. The number of aromatic amines is 1. The number of H-pyrrole nitrogens is 1. The molecule has 0 atom stereocenters. The number of para-hydroxylation sites is 1. The van der Waals surface area contributed by atoms with Crippen molar-refractivity contribution in [1.82, 2.24) is 15.0 Å². The molecule has 0 amide bonds. The van der Waals surface area contributed by atoms with Crippen molar-refractivity contribution in [2.24, 2.45) is 0 Å². The quantitative estimate of drug-likeness (QED) is 0.725. The maximum absolute atomic E-state index is 11.5. The van der Waals surface area contributed by atoms with Gasteiger partial charge in [-0.3, -0.25) is 4.98 Å². The van der Waals surface area contributed by atoms with Crippen molar-refractivity contribution in [2.75, 3.05) is 7.11 Å². The van der Waals surface area contributed by atoms with Crippen molar-refractivity contribution in [2.45, 2.75) is 6.92 Å². The number of nitrogens with one attached hydrogen (secondary N) is 1. The van der Waals surface area contributed by atoms with Crippen molar-refractivity contribution in [3.8, 4) is 11.4 Å². The number of carbonyl (C=O) groups is 1. The molecule has 1 N–H and O–H groups in total. The van der Waals surface area contributed by atoms with E-state index in [2.05, 4.69) is 19.7 Å². The predicted octanol–water partition coefficient (Wildman–Crippen LogP) is 2.72. The Bertz CT molecular complexity index is 793. The van der Waals surface area contributed by atoms with Crippen molar-refractivity contribution >= 4 is 16.9 Å². The Morgan fingerprint density at radius 2 is 2.10 bits per heavy atom. The molecular weight excluding hydrogens is 254 g/mol. The Hall–Kier alpha value is -2.69. The Labute approximate surface area is 115 Å². The van der Waals surface area contributed by atoms with Crippen molar-refractivity contribution in [1.29, 1.82) is 0 Å². The second kappa shape index (κ2) is 4.77. The number of aryl methyl sites for hydroxylation is 1. The molecule has 0 fully saturated rings. The van der Waals surface area contributed by atoms with Crippen LogP contribution in [0.15, 0.2) is 36.5 Å². The molecule has 5 nitrogen and oxygen atoms in total. The number of hydrogen-bond donors (Lipinski definition) is 1. The van der Waals surface area contributed by atoms with Crippen LogP contribution in [0.2, 0.25) is 0 Å². The number of ether oxygens (including phenoxy) is 1. The van der Waals surface area contributed by atoms with E-state index in [1.807, 2.05) is 37.3 Å². The number of methoxy groups -OCH3 is 1. The molecule has 0 spiro atoms. The van der Waals surface area contributed by atoms with Crippen molar-refractivity contribution in [3.63, 3.8) is 0 Å². The fourth-order valence-corrected chi connectivity index (χ4v) is 2.18. The van der Waals surface area contributed by atoms with Crippen LogP contribution >= 0.6 is 0 Å². The molecule has 2 aromatic heterocycles. The van der Waals surface area contributed by atoms with Gasteiger partial charge in [-0.05, 0) is 19.1 Å². The third-order valence-corrected chi connectivity index (χ3v) is 3.08. The zero-order valence-electron chi connectivity index (χ0n) is 11.2. The Kier molecular flexibility index (Phi) is 2.95. The van der Waals surface area contributed by atoms with Crippen LogP contribution < -0.4 is 0 Å². The molecule has 2 heterocycles. The average Bonchev–Trinajstić information content (AvgIpc) is 2.95. The third kappa shape index (κ3) is 2.03. The highest BCUT2D eigenvalue weighted by Gasteiger charge is 2.13. The minimum Gasteiger partial charge on any atom is -0.464 e. The maximum atomic E-state index is 11.5. The van der Waals surface area contributed by atoms with Gasteiger partial charge in [-0.25, -0.2) is 9.78 Å². The molecule has 0 aliphatic heterocycles. The molecule has 0 aliphatic carbocycles. The molecule has 100 valence electrons. The largest absolute Gasteiger partial charge is 0.464 e. The zero-order valence-corrected chi connectivity index (χ0v) is 11.2. The molecule has 0 unspecified atom stereocenters. The lowest BCUT2D eigenvalue weighted by atomic mass is 10.1. The number of hydrogen-bond acceptors (Lipinski definition) is 4. The van der Waals surface area contributed by atoms with Crippen LogP contribution in [-0.2, 0) is 4.74 Å². The Morgan fingerprint density at radius 3 is 2.90 bits per heavy atom. The van der Waals surface area contributed by atoms with E-state index in [9.17, 15) is 4.79 Å². The van der Waals surface area contributed by atoms with E-state index < -0.39 is 5.97 Å². The van der Waals surface area contributed by atoms with Crippen molar-refractivity contribution < 1.29 is 9.53 Å². The van der Waals surface area contributed by atoms with Gasteiger partial charge in [0.05, 0.1) is 18.8 Å². The number of fused-ring (bicyclic) bond motifs is 1. The van der Waals surface area contributed by atoms with Crippen molar-refractivity contribution in [3.05, 3.63) is 47.9 Å². The summed E-state index contributed by atoms with van der Waals surface area (Å²) in [5.41, 5.74) is 3.05. The normalized spacial score (nSPS) is 10.7. The van der Waals surface area contributed by atoms with Crippen LogP contribution in [-0.4, -0.2) is 28.0 Å². The summed E-state index contributed by atoms with van der Waals surface area (Å²) in [6.45, 7) is 1.93. The summed E-state index contributed by atoms with van der Waals surface area (Å²) in [7, 11) is 1.34. The first-order valence-electron chi connectivity index (χ1n) is 6.19. The van der Waals surface area contributed by atoms with Gasteiger partial charge in [0.1, 0.15) is 11.5 Å². The monoisotopic (exact) mass is 267 g/mol. The number of benzene rings is 1. The van der Waals surface area contributed by atoms with E-state index in [1.165, 1.54) is 13.3 Å². The summed E-state index contributed by atoms with van der Waals surface area (Å²) in [5, 5.41) is 0.990. The van der Waals surface area contributed by atoms with Crippen LogP contribution in [0.3, 0.4) is 0 Å². The molecule has 0 radical (unpaired) electrons. The minimum absolute atomic E-state index is 0.334. The van der Waals surface area contributed by atoms with Crippen LogP contribution in [0.25, 0.3) is 22.3 Å². The van der Waals surface area contributed by atoms with Crippen LogP contribution in [0.4, 0.5) is 0 Å². The molecule has 3 aromatic rings. The third-order valence-electron chi connectivity index (χ3n) is 3.08. The molecule has 3 rings (SSSR count). The van der Waals surface area contributed by atoms with Crippen LogP contribution in [0.5, 0.6) is 0 Å². The van der Waals surface area contributed by atoms with Gasteiger partial charge in [0.25, 0.3) is 0 Å². The van der Waals surface area contributed by atoms with E-state index in [0.29, 0.717) is 11.5 Å². The van der Waals surface area contributed by atoms with Gasteiger partial charge in [0.15, 0.2) is 0 Å². The lowest BCUT2D eigenvalue weighted by molar-refractivity contribution is 0.0595. The summed E-state index contributed by atoms with van der Waals surface area (Å²) >= 11 is 0. The Morgan fingerprint density at radius 1 is 1.30 bits per heavy atom. The SMILES string of the molecule is COC(=O)c1cnc(-c2cc(C)nc3ccccc23)[nH]1. The molecule has 5 heteroatoms. The highest BCUT2D eigenvalue weighted by Crippen LogP contribution is 2.26. The lowest BCUT2D eigenvalue weighted by Gasteiger charge is -2.05. The summed E-state index contributed by atoms with van der Waals surface area (Å²) in [6.07, 6.45) is 1.48. The number of pyridine rings is 1. The number of nitrogens with zero attached hydrogens (tertiary/aromatic N) is 2. The van der Waals surface area contributed by atoms with E-state index >= 15 is 0 Å². The van der Waals surface area contributed by atoms with Gasteiger partial charge in [-0.2, -0.15) is 0 Å². The molecule has 0 aliphatic rings. The summed E-state index contributed by atoms with van der Waals surface area (Å²) < 4.78 is 4.67. The van der Waals surface area contributed by atoms with E-state index in [4.69, 9.17) is 0 Å². The highest BCUT2D eigenvalue weighted by molar-refractivity contribution is 5.94. The van der Waals surface area contributed by atoms with Gasteiger partial charge in [-0.1, -0.05) is 18.2 Å². The number of rotatable bonds is 2. The maximum Gasteiger partial charge on any atom is 0.356 e. The van der Waals surface area contributed by atoms with E-state index in [0.717, 1.165) is 22.2 Å². The Balaban J connectivity index is 2.19. The number of carbonyl (C=O) groups excluding carboxylic acids is 1. The molecule has 0 saturated heterocycles. The first-order valence-corrected chi connectivity index (χ1v) is 6.19. The van der Waals surface area contributed by atoms with E-state index in [1.54, 1.807) is 0 Å². The second-order valence-corrected chi connectivity index (χ2v) is 4.47. The van der Waals surface area contributed by atoms with Crippen LogP contribution in [0, 0.1) is 6.92 Å². The predicted molar refractivity (Wildman–Crippen MR) is 75.4 cm³/mol. The first-order chi connectivity index (χ1) is 9.69. The first kappa shape index (κ1) is 12.3. The lowest BCUT2D eigenvalue weighted by Crippen LogP contribution is -2.01. The smallest absolute Gasteiger partial charge is 0.356 e. The summed E-state index contributed by atoms with van der Waals surface area (Å²) in [6, 6.07) is 9.78. The van der Waals surface area contributed by atoms with E-state index in [-0.39, 0.29) is 0 Å². The topological polar surface area (TPSA) is 67.9 Å².